The summed E-state index contributed by atoms with van der Waals surface area (Å²) in [6.07, 6.45) is 0.622. The second kappa shape index (κ2) is 6.12. The first-order valence-electron chi connectivity index (χ1n) is 6.70. The SMILES string of the molecule is O=Cc1nc(-c2ccc(F)cc2)n(Cc2ccccc2)c1Cl. The molecule has 0 aliphatic heterocycles. The average molecular weight is 315 g/mol. The fraction of sp³-hybridized carbons (Fsp3) is 0.0588. The lowest BCUT2D eigenvalue weighted by Crippen LogP contribution is -2.02. The zero-order valence-corrected chi connectivity index (χ0v) is 12.3. The van der Waals surface area contributed by atoms with E-state index in [0.29, 0.717) is 24.2 Å². The average Bonchev–Trinajstić information content (AvgIpc) is 2.86. The lowest BCUT2D eigenvalue weighted by molar-refractivity contribution is 0.111. The Labute approximate surface area is 132 Å². The first kappa shape index (κ1) is 14.5. The van der Waals surface area contributed by atoms with Gasteiger partial charge in [0.2, 0.25) is 0 Å². The Morgan fingerprint density at radius 1 is 1.09 bits per heavy atom. The summed E-state index contributed by atoms with van der Waals surface area (Å²) in [5.41, 5.74) is 1.91. The van der Waals surface area contributed by atoms with Gasteiger partial charge in [0, 0.05) is 5.56 Å². The Balaban J connectivity index is 2.09. The van der Waals surface area contributed by atoms with Gasteiger partial charge in [-0.15, -0.1) is 0 Å². The molecule has 0 amide bonds. The summed E-state index contributed by atoms with van der Waals surface area (Å²) in [4.78, 5) is 15.4. The molecular formula is C17H12ClFN2O. The van der Waals surface area contributed by atoms with Gasteiger partial charge in [-0.3, -0.25) is 4.79 Å². The van der Waals surface area contributed by atoms with Crippen molar-refractivity contribution in [3.63, 3.8) is 0 Å². The van der Waals surface area contributed by atoms with Crippen molar-refractivity contribution in [2.45, 2.75) is 6.54 Å². The Morgan fingerprint density at radius 2 is 1.77 bits per heavy atom. The Morgan fingerprint density at radius 3 is 2.41 bits per heavy atom. The number of rotatable bonds is 4. The van der Waals surface area contributed by atoms with Gasteiger partial charge in [0.1, 0.15) is 22.5 Å². The molecule has 0 saturated carbocycles. The molecule has 1 heterocycles. The molecule has 2 aromatic carbocycles. The van der Waals surface area contributed by atoms with Crippen molar-refractivity contribution < 1.29 is 9.18 Å². The van der Waals surface area contributed by atoms with E-state index < -0.39 is 0 Å². The van der Waals surface area contributed by atoms with Crippen LogP contribution in [0.2, 0.25) is 5.15 Å². The van der Waals surface area contributed by atoms with Crippen molar-refractivity contribution in [1.29, 1.82) is 0 Å². The quantitative estimate of drug-likeness (QED) is 0.676. The van der Waals surface area contributed by atoms with E-state index in [1.54, 1.807) is 16.7 Å². The van der Waals surface area contributed by atoms with Gasteiger partial charge >= 0.3 is 0 Å². The van der Waals surface area contributed by atoms with Crippen molar-refractivity contribution in [3.8, 4) is 11.4 Å². The minimum absolute atomic E-state index is 0.178. The predicted octanol–water partition coefficient (Wildman–Crippen LogP) is 4.20. The second-order valence-corrected chi connectivity index (χ2v) is 5.17. The highest BCUT2D eigenvalue weighted by molar-refractivity contribution is 6.32. The standard InChI is InChI=1S/C17H12ClFN2O/c18-16-15(11-22)20-17(13-6-8-14(19)9-7-13)21(16)10-12-4-2-1-3-5-12/h1-9,11H,10H2. The number of aromatic nitrogens is 2. The fourth-order valence-corrected chi connectivity index (χ4v) is 2.48. The molecule has 0 radical (unpaired) electrons. The van der Waals surface area contributed by atoms with Crippen LogP contribution in [-0.4, -0.2) is 15.8 Å². The van der Waals surface area contributed by atoms with Gasteiger partial charge in [-0.25, -0.2) is 9.37 Å². The lowest BCUT2D eigenvalue weighted by Gasteiger charge is -2.09. The van der Waals surface area contributed by atoms with Gasteiger partial charge in [0.05, 0.1) is 6.54 Å². The third-order valence-corrected chi connectivity index (χ3v) is 3.73. The second-order valence-electron chi connectivity index (χ2n) is 4.81. The van der Waals surface area contributed by atoms with Crippen molar-refractivity contribution in [3.05, 3.63) is 76.8 Å². The third kappa shape index (κ3) is 2.78. The molecule has 3 aromatic rings. The normalized spacial score (nSPS) is 10.6. The highest BCUT2D eigenvalue weighted by atomic mass is 35.5. The number of hydrogen-bond acceptors (Lipinski definition) is 2. The topological polar surface area (TPSA) is 34.9 Å². The largest absolute Gasteiger partial charge is 0.310 e. The van der Waals surface area contributed by atoms with Crippen LogP contribution in [0, 0.1) is 5.82 Å². The zero-order chi connectivity index (χ0) is 15.5. The molecule has 3 nitrogen and oxygen atoms in total. The number of aldehydes is 1. The fourth-order valence-electron chi connectivity index (χ4n) is 2.26. The van der Waals surface area contributed by atoms with E-state index in [4.69, 9.17) is 11.6 Å². The van der Waals surface area contributed by atoms with Gasteiger partial charge in [-0.2, -0.15) is 0 Å². The number of imidazole rings is 1. The van der Waals surface area contributed by atoms with E-state index in [2.05, 4.69) is 4.98 Å². The van der Waals surface area contributed by atoms with Crippen LogP contribution >= 0.6 is 11.6 Å². The number of halogens is 2. The van der Waals surface area contributed by atoms with Crippen molar-refractivity contribution in [2.24, 2.45) is 0 Å². The van der Waals surface area contributed by atoms with Crippen LogP contribution in [-0.2, 0) is 6.54 Å². The molecule has 0 aliphatic rings. The van der Waals surface area contributed by atoms with Gasteiger partial charge in [-0.1, -0.05) is 41.9 Å². The molecule has 0 spiro atoms. The first-order valence-corrected chi connectivity index (χ1v) is 7.08. The molecule has 22 heavy (non-hydrogen) atoms. The van der Waals surface area contributed by atoms with E-state index in [1.165, 1.54) is 12.1 Å². The minimum Gasteiger partial charge on any atom is -0.310 e. The van der Waals surface area contributed by atoms with E-state index in [-0.39, 0.29) is 16.7 Å². The summed E-state index contributed by atoms with van der Waals surface area (Å²) in [6, 6.07) is 15.6. The van der Waals surface area contributed by atoms with Crippen molar-refractivity contribution >= 4 is 17.9 Å². The molecule has 0 fully saturated rings. The van der Waals surface area contributed by atoms with Gasteiger partial charge in [0.25, 0.3) is 0 Å². The highest BCUT2D eigenvalue weighted by Crippen LogP contribution is 2.26. The van der Waals surface area contributed by atoms with Crippen LogP contribution < -0.4 is 0 Å². The maximum absolute atomic E-state index is 13.1. The van der Waals surface area contributed by atoms with Gasteiger partial charge in [0.15, 0.2) is 6.29 Å². The zero-order valence-electron chi connectivity index (χ0n) is 11.5. The summed E-state index contributed by atoms with van der Waals surface area (Å²) in [6.45, 7) is 0.479. The molecule has 0 bridgehead atoms. The van der Waals surface area contributed by atoms with Crippen LogP contribution in [0.15, 0.2) is 54.6 Å². The van der Waals surface area contributed by atoms with Crippen LogP contribution in [0.25, 0.3) is 11.4 Å². The van der Waals surface area contributed by atoms with E-state index in [1.807, 2.05) is 30.3 Å². The van der Waals surface area contributed by atoms with E-state index >= 15 is 0 Å². The minimum atomic E-state index is -0.327. The smallest absolute Gasteiger partial charge is 0.171 e. The number of nitrogens with zero attached hydrogens (tertiary/aromatic N) is 2. The summed E-state index contributed by atoms with van der Waals surface area (Å²) in [5, 5.41) is 0.276. The van der Waals surface area contributed by atoms with Crippen LogP contribution in [0.1, 0.15) is 16.1 Å². The predicted molar refractivity (Wildman–Crippen MR) is 83.6 cm³/mol. The van der Waals surface area contributed by atoms with E-state index in [0.717, 1.165) is 5.56 Å². The van der Waals surface area contributed by atoms with Crippen LogP contribution in [0.4, 0.5) is 4.39 Å². The molecule has 0 atom stereocenters. The molecule has 0 unspecified atom stereocenters. The van der Waals surface area contributed by atoms with E-state index in [9.17, 15) is 9.18 Å². The summed E-state index contributed by atoms with van der Waals surface area (Å²) < 4.78 is 14.8. The maximum atomic E-state index is 13.1. The molecule has 3 rings (SSSR count). The molecule has 5 heteroatoms. The lowest BCUT2D eigenvalue weighted by atomic mass is 10.2. The maximum Gasteiger partial charge on any atom is 0.171 e. The van der Waals surface area contributed by atoms with Gasteiger partial charge < -0.3 is 4.57 Å². The summed E-state index contributed by atoms with van der Waals surface area (Å²) in [5.74, 6) is 0.211. The molecule has 0 saturated heterocycles. The molecule has 0 aliphatic carbocycles. The summed E-state index contributed by atoms with van der Waals surface area (Å²) in [7, 11) is 0. The number of benzene rings is 2. The van der Waals surface area contributed by atoms with Crippen LogP contribution in [0.3, 0.4) is 0 Å². The first-order chi connectivity index (χ1) is 10.7. The Kier molecular flexibility index (Phi) is 4.02. The molecule has 110 valence electrons. The monoisotopic (exact) mass is 314 g/mol. The Hall–Kier alpha value is -2.46. The van der Waals surface area contributed by atoms with Crippen LogP contribution in [0.5, 0.6) is 0 Å². The van der Waals surface area contributed by atoms with Gasteiger partial charge in [-0.05, 0) is 29.8 Å². The highest BCUT2D eigenvalue weighted by Gasteiger charge is 2.16. The number of hydrogen-bond donors (Lipinski definition) is 0. The Bertz CT molecular complexity index is 798. The number of carbonyl (C=O) groups is 1. The summed E-state index contributed by atoms with van der Waals surface area (Å²) >= 11 is 6.26. The molecular weight excluding hydrogens is 303 g/mol. The van der Waals surface area contributed by atoms with Crippen molar-refractivity contribution in [1.82, 2.24) is 9.55 Å². The molecule has 1 aromatic heterocycles. The number of carbonyl (C=O) groups excluding carboxylic acids is 1. The molecule has 0 N–H and O–H groups in total. The van der Waals surface area contributed by atoms with Crippen molar-refractivity contribution in [2.75, 3.05) is 0 Å². The third-order valence-electron chi connectivity index (χ3n) is 3.33.